The van der Waals surface area contributed by atoms with Crippen LogP contribution in [0.2, 0.25) is 0 Å². The third-order valence-corrected chi connectivity index (χ3v) is 4.96. The highest BCUT2D eigenvalue weighted by Gasteiger charge is 2.26. The lowest BCUT2D eigenvalue weighted by molar-refractivity contribution is 0.127. The molecule has 0 aliphatic carbocycles. The molecule has 0 saturated carbocycles. The highest BCUT2D eigenvalue weighted by molar-refractivity contribution is 7.99. The summed E-state index contributed by atoms with van der Waals surface area (Å²) in [6, 6.07) is 0. The molecule has 1 aliphatic heterocycles. The maximum atomic E-state index is 8.68. The second kappa shape index (κ2) is 6.50. The van der Waals surface area contributed by atoms with Gasteiger partial charge in [0.2, 0.25) is 0 Å². The third-order valence-electron chi connectivity index (χ3n) is 3.39. The van der Waals surface area contributed by atoms with Gasteiger partial charge in [-0.1, -0.05) is 19.0 Å². The van der Waals surface area contributed by atoms with Crippen molar-refractivity contribution in [2.75, 3.05) is 12.4 Å². The summed E-state index contributed by atoms with van der Waals surface area (Å²) in [6.45, 7) is 7.06. The van der Waals surface area contributed by atoms with Gasteiger partial charge in [-0.15, -0.1) is 0 Å². The fraction of sp³-hybridized carbons (Fsp3) is 0.917. The summed E-state index contributed by atoms with van der Waals surface area (Å²) >= 11 is 1.98. The maximum Gasteiger partial charge on any atom is 0.144 e. The van der Waals surface area contributed by atoms with E-state index in [-0.39, 0.29) is 5.41 Å². The number of thioether (sulfide) groups is 1. The van der Waals surface area contributed by atoms with Gasteiger partial charge in [-0.2, -0.15) is 11.8 Å². The van der Waals surface area contributed by atoms with Crippen molar-refractivity contribution in [1.29, 1.82) is 0 Å². The van der Waals surface area contributed by atoms with Crippen LogP contribution in [0.4, 0.5) is 0 Å². The smallest absolute Gasteiger partial charge is 0.144 e. The van der Waals surface area contributed by atoms with Gasteiger partial charge in [0.15, 0.2) is 0 Å². The molecule has 0 aromatic carbocycles. The van der Waals surface area contributed by atoms with Crippen LogP contribution in [0.15, 0.2) is 5.16 Å². The minimum absolute atomic E-state index is 0.215. The van der Waals surface area contributed by atoms with E-state index in [0.29, 0.717) is 17.2 Å². The zero-order valence-corrected chi connectivity index (χ0v) is 11.8. The van der Waals surface area contributed by atoms with Gasteiger partial charge in [-0.3, -0.25) is 0 Å². The van der Waals surface area contributed by atoms with Crippen LogP contribution in [-0.2, 0) is 4.74 Å². The summed E-state index contributed by atoms with van der Waals surface area (Å²) < 4.78 is 5.53. The molecular weight excluding hydrogens is 236 g/mol. The monoisotopic (exact) mass is 260 g/mol. The van der Waals surface area contributed by atoms with E-state index in [1.807, 2.05) is 25.6 Å². The Bertz CT molecular complexity index is 269. The zero-order valence-electron chi connectivity index (χ0n) is 11.0. The number of nitrogens with zero attached hydrogens (tertiary/aromatic N) is 1. The lowest BCUT2D eigenvalue weighted by Crippen LogP contribution is -2.32. The van der Waals surface area contributed by atoms with Crippen molar-refractivity contribution < 1.29 is 9.94 Å². The first kappa shape index (κ1) is 14.6. The van der Waals surface area contributed by atoms with Gasteiger partial charge in [0.05, 0.1) is 6.10 Å². The molecule has 100 valence electrons. The minimum Gasteiger partial charge on any atom is -0.409 e. The number of oxime groups is 1. The molecule has 1 rings (SSSR count). The molecule has 0 amide bonds. The predicted molar refractivity (Wildman–Crippen MR) is 72.7 cm³/mol. The summed E-state index contributed by atoms with van der Waals surface area (Å²) in [5.41, 5.74) is 5.44. The molecule has 0 aromatic rings. The first-order valence-electron chi connectivity index (χ1n) is 6.18. The summed E-state index contributed by atoms with van der Waals surface area (Å²) in [5.74, 6) is 1.43. The number of hydrogen-bond donors (Lipinski definition) is 2. The van der Waals surface area contributed by atoms with E-state index < -0.39 is 0 Å². The number of amidine groups is 1. The maximum absolute atomic E-state index is 8.68. The number of hydrogen-bond acceptors (Lipinski definition) is 4. The Balaban J connectivity index is 2.19. The van der Waals surface area contributed by atoms with Crippen molar-refractivity contribution in [2.24, 2.45) is 16.3 Å². The second-order valence-electron chi connectivity index (χ2n) is 5.25. The van der Waals surface area contributed by atoms with Crippen LogP contribution in [-0.4, -0.2) is 34.8 Å². The lowest BCUT2D eigenvalue weighted by atomic mass is 9.87. The van der Waals surface area contributed by atoms with Crippen molar-refractivity contribution >= 4 is 17.6 Å². The van der Waals surface area contributed by atoms with E-state index in [4.69, 9.17) is 15.7 Å². The van der Waals surface area contributed by atoms with Crippen LogP contribution in [0, 0.1) is 5.41 Å². The van der Waals surface area contributed by atoms with Gasteiger partial charge < -0.3 is 15.7 Å². The van der Waals surface area contributed by atoms with Crippen molar-refractivity contribution in [1.82, 2.24) is 0 Å². The predicted octanol–water partition coefficient (Wildman–Crippen LogP) is 2.45. The average molecular weight is 260 g/mol. The van der Waals surface area contributed by atoms with Crippen LogP contribution in [0.25, 0.3) is 0 Å². The van der Waals surface area contributed by atoms with Crippen LogP contribution < -0.4 is 5.73 Å². The quantitative estimate of drug-likeness (QED) is 0.253. The fourth-order valence-electron chi connectivity index (χ4n) is 1.94. The van der Waals surface area contributed by atoms with Gasteiger partial charge >= 0.3 is 0 Å². The molecule has 0 aromatic heterocycles. The van der Waals surface area contributed by atoms with Crippen LogP contribution in [0.3, 0.4) is 0 Å². The Morgan fingerprint density at radius 1 is 1.59 bits per heavy atom. The SMILES string of the molecule is CC1OCCC1SCCCC(C)(C)C(N)=NO. The van der Waals surface area contributed by atoms with Crippen molar-refractivity contribution in [3.8, 4) is 0 Å². The molecule has 3 N–H and O–H groups in total. The van der Waals surface area contributed by atoms with Gasteiger partial charge in [-0.25, -0.2) is 0 Å². The van der Waals surface area contributed by atoms with E-state index in [2.05, 4.69) is 12.1 Å². The van der Waals surface area contributed by atoms with Crippen molar-refractivity contribution in [3.63, 3.8) is 0 Å². The van der Waals surface area contributed by atoms with E-state index in [1.165, 1.54) is 0 Å². The molecule has 17 heavy (non-hydrogen) atoms. The summed E-state index contributed by atoms with van der Waals surface area (Å²) in [6.07, 6.45) is 3.57. The Hall–Kier alpha value is -0.420. The molecule has 0 bridgehead atoms. The molecular formula is C12H24N2O2S. The summed E-state index contributed by atoms with van der Waals surface area (Å²) in [4.78, 5) is 0. The fourth-order valence-corrected chi connectivity index (χ4v) is 3.17. The zero-order chi connectivity index (χ0) is 12.9. The van der Waals surface area contributed by atoms with Crippen LogP contribution in [0.5, 0.6) is 0 Å². The average Bonchev–Trinajstić information content (AvgIpc) is 2.69. The topological polar surface area (TPSA) is 67.8 Å². The van der Waals surface area contributed by atoms with E-state index >= 15 is 0 Å². The molecule has 1 heterocycles. The molecule has 1 aliphatic rings. The Kier molecular flexibility index (Phi) is 5.59. The first-order valence-corrected chi connectivity index (χ1v) is 7.23. The Morgan fingerprint density at radius 3 is 2.82 bits per heavy atom. The Morgan fingerprint density at radius 2 is 2.29 bits per heavy atom. The molecule has 4 nitrogen and oxygen atoms in total. The highest BCUT2D eigenvalue weighted by atomic mass is 32.2. The number of rotatable bonds is 6. The van der Waals surface area contributed by atoms with E-state index in [0.717, 1.165) is 31.6 Å². The Labute approximate surface area is 108 Å². The first-order chi connectivity index (χ1) is 7.97. The minimum atomic E-state index is -0.215. The summed E-state index contributed by atoms with van der Waals surface area (Å²) in [5, 5.41) is 12.4. The molecule has 2 atom stereocenters. The van der Waals surface area contributed by atoms with Crippen molar-refractivity contribution in [3.05, 3.63) is 0 Å². The second-order valence-corrected chi connectivity index (χ2v) is 6.59. The summed E-state index contributed by atoms with van der Waals surface area (Å²) in [7, 11) is 0. The van der Waals surface area contributed by atoms with Crippen LogP contribution >= 0.6 is 11.8 Å². The molecule has 2 unspecified atom stereocenters. The standard InChI is InChI=1S/C12H24N2O2S/c1-9-10(5-7-16-9)17-8-4-6-12(2,3)11(13)14-15/h9-10,15H,4-8H2,1-3H3,(H2,13,14). The molecule has 0 radical (unpaired) electrons. The van der Waals surface area contributed by atoms with Gasteiger partial charge in [0.1, 0.15) is 5.84 Å². The largest absolute Gasteiger partial charge is 0.409 e. The van der Waals surface area contributed by atoms with E-state index in [9.17, 15) is 0 Å². The van der Waals surface area contributed by atoms with Crippen LogP contribution in [0.1, 0.15) is 40.0 Å². The van der Waals surface area contributed by atoms with Gasteiger partial charge in [0, 0.05) is 17.3 Å². The number of nitrogens with two attached hydrogens (primary N) is 1. The molecule has 1 saturated heterocycles. The molecule has 1 fully saturated rings. The normalized spacial score (nSPS) is 26.4. The third kappa shape index (κ3) is 4.39. The van der Waals surface area contributed by atoms with Crippen molar-refractivity contribution in [2.45, 2.75) is 51.4 Å². The number of ether oxygens (including phenoxy) is 1. The van der Waals surface area contributed by atoms with E-state index in [1.54, 1.807) is 0 Å². The molecule has 0 spiro atoms. The lowest BCUT2D eigenvalue weighted by Gasteiger charge is -2.23. The molecule has 5 heteroatoms. The van der Waals surface area contributed by atoms with Gasteiger partial charge in [-0.05, 0) is 31.9 Å². The highest BCUT2D eigenvalue weighted by Crippen LogP contribution is 2.29. The van der Waals surface area contributed by atoms with Gasteiger partial charge in [0.25, 0.3) is 0 Å².